The SMILES string of the molecule is CC(=CCCBr)CC1CCC(C)O1. The second-order valence-electron chi connectivity index (χ2n) is 3.88. The molecule has 76 valence electrons. The maximum absolute atomic E-state index is 5.76. The van der Waals surface area contributed by atoms with Crippen LogP contribution in [0.15, 0.2) is 11.6 Å². The van der Waals surface area contributed by atoms with Gasteiger partial charge in [0.15, 0.2) is 0 Å². The summed E-state index contributed by atoms with van der Waals surface area (Å²) in [6.45, 7) is 4.37. The molecule has 0 bridgehead atoms. The zero-order valence-corrected chi connectivity index (χ0v) is 10.1. The van der Waals surface area contributed by atoms with Gasteiger partial charge in [0.05, 0.1) is 12.2 Å². The first-order valence-electron chi connectivity index (χ1n) is 5.09. The summed E-state index contributed by atoms with van der Waals surface area (Å²) in [7, 11) is 0. The maximum atomic E-state index is 5.76. The first-order valence-corrected chi connectivity index (χ1v) is 6.21. The van der Waals surface area contributed by atoms with E-state index >= 15 is 0 Å². The van der Waals surface area contributed by atoms with E-state index in [0.717, 1.165) is 18.2 Å². The van der Waals surface area contributed by atoms with Gasteiger partial charge in [-0.3, -0.25) is 0 Å². The Morgan fingerprint density at radius 1 is 1.54 bits per heavy atom. The molecular formula is C11H19BrO. The highest BCUT2D eigenvalue weighted by atomic mass is 79.9. The van der Waals surface area contributed by atoms with E-state index in [-0.39, 0.29) is 0 Å². The summed E-state index contributed by atoms with van der Waals surface area (Å²) in [5.41, 5.74) is 1.47. The van der Waals surface area contributed by atoms with Gasteiger partial charge in [-0.1, -0.05) is 27.6 Å². The van der Waals surface area contributed by atoms with E-state index in [1.165, 1.54) is 18.4 Å². The Labute approximate surface area is 89.7 Å². The van der Waals surface area contributed by atoms with Gasteiger partial charge in [-0.2, -0.15) is 0 Å². The summed E-state index contributed by atoms with van der Waals surface area (Å²) in [4.78, 5) is 0. The molecule has 0 amide bonds. The van der Waals surface area contributed by atoms with Crippen molar-refractivity contribution in [3.05, 3.63) is 11.6 Å². The van der Waals surface area contributed by atoms with Crippen LogP contribution in [0, 0.1) is 0 Å². The van der Waals surface area contributed by atoms with Gasteiger partial charge in [-0.25, -0.2) is 0 Å². The van der Waals surface area contributed by atoms with Gasteiger partial charge in [0.2, 0.25) is 0 Å². The lowest BCUT2D eigenvalue weighted by Crippen LogP contribution is -2.08. The third kappa shape index (κ3) is 4.28. The van der Waals surface area contributed by atoms with Crippen LogP contribution < -0.4 is 0 Å². The van der Waals surface area contributed by atoms with Crippen LogP contribution in [0.4, 0.5) is 0 Å². The van der Waals surface area contributed by atoms with Crippen LogP contribution in [-0.2, 0) is 4.74 Å². The maximum Gasteiger partial charge on any atom is 0.0616 e. The van der Waals surface area contributed by atoms with Gasteiger partial charge < -0.3 is 4.74 Å². The largest absolute Gasteiger partial charge is 0.375 e. The Balaban J connectivity index is 2.24. The number of rotatable bonds is 4. The van der Waals surface area contributed by atoms with E-state index in [1.807, 2.05) is 0 Å². The second-order valence-corrected chi connectivity index (χ2v) is 4.67. The van der Waals surface area contributed by atoms with Crippen molar-refractivity contribution in [1.82, 2.24) is 0 Å². The summed E-state index contributed by atoms with van der Waals surface area (Å²) in [6, 6.07) is 0. The third-order valence-electron chi connectivity index (χ3n) is 2.47. The number of alkyl halides is 1. The first-order chi connectivity index (χ1) is 6.22. The van der Waals surface area contributed by atoms with Crippen molar-refractivity contribution in [1.29, 1.82) is 0 Å². The van der Waals surface area contributed by atoms with Crippen LogP contribution in [0.25, 0.3) is 0 Å². The molecule has 2 unspecified atom stereocenters. The zero-order chi connectivity index (χ0) is 9.68. The zero-order valence-electron chi connectivity index (χ0n) is 8.55. The quantitative estimate of drug-likeness (QED) is 0.544. The summed E-state index contributed by atoms with van der Waals surface area (Å²) >= 11 is 3.42. The first kappa shape index (κ1) is 11.3. The smallest absolute Gasteiger partial charge is 0.0616 e. The fourth-order valence-corrected chi connectivity index (χ4v) is 2.01. The molecule has 0 N–H and O–H groups in total. The molecule has 0 spiro atoms. The van der Waals surface area contributed by atoms with Crippen LogP contribution in [-0.4, -0.2) is 17.5 Å². The Hall–Kier alpha value is 0.180. The molecule has 1 nitrogen and oxygen atoms in total. The lowest BCUT2D eigenvalue weighted by Gasteiger charge is -2.10. The lowest BCUT2D eigenvalue weighted by atomic mass is 10.1. The van der Waals surface area contributed by atoms with Crippen LogP contribution in [0.5, 0.6) is 0 Å². The summed E-state index contributed by atoms with van der Waals surface area (Å²) in [5.74, 6) is 0. The van der Waals surface area contributed by atoms with Crippen LogP contribution in [0.3, 0.4) is 0 Å². The Morgan fingerprint density at radius 2 is 2.31 bits per heavy atom. The van der Waals surface area contributed by atoms with Gasteiger partial charge in [0, 0.05) is 5.33 Å². The average Bonchev–Trinajstić information content (AvgIpc) is 2.48. The molecule has 0 aromatic heterocycles. The summed E-state index contributed by atoms with van der Waals surface area (Å²) in [6.07, 6.45) is 8.00. The van der Waals surface area contributed by atoms with E-state index in [1.54, 1.807) is 0 Å². The van der Waals surface area contributed by atoms with E-state index in [0.29, 0.717) is 12.2 Å². The number of hydrogen-bond acceptors (Lipinski definition) is 1. The van der Waals surface area contributed by atoms with Crippen LogP contribution >= 0.6 is 15.9 Å². The van der Waals surface area contributed by atoms with Crippen LogP contribution in [0.2, 0.25) is 0 Å². The Bertz CT molecular complexity index is 177. The molecule has 0 saturated carbocycles. The molecule has 1 fully saturated rings. The van der Waals surface area contributed by atoms with Crippen LogP contribution in [0.1, 0.15) is 39.5 Å². The van der Waals surface area contributed by atoms with Gasteiger partial charge in [-0.05, 0) is 39.5 Å². The Kier molecular flexibility index (Phi) is 5.04. The molecule has 0 radical (unpaired) electrons. The topological polar surface area (TPSA) is 9.23 Å². The number of hydrogen-bond donors (Lipinski definition) is 0. The molecule has 1 heterocycles. The van der Waals surface area contributed by atoms with Gasteiger partial charge in [0.1, 0.15) is 0 Å². The molecule has 1 aliphatic rings. The number of halogens is 1. The predicted octanol–water partition coefficient (Wildman–Crippen LogP) is 3.68. The minimum Gasteiger partial charge on any atom is -0.375 e. The molecule has 2 atom stereocenters. The van der Waals surface area contributed by atoms with Gasteiger partial charge in [0.25, 0.3) is 0 Å². The van der Waals surface area contributed by atoms with Gasteiger partial charge in [-0.15, -0.1) is 0 Å². The number of ether oxygens (including phenoxy) is 1. The van der Waals surface area contributed by atoms with Crippen molar-refractivity contribution >= 4 is 15.9 Å². The standard InChI is InChI=1S/C11H19BrO/c1-9(4-3-7-12)8-11-6-5-10(2)13-11/h4,10-11H,3,5-8H2,1-2H3. The molecule has 1 rings (SSSR count). The highest BCUT2D eigenvalue weighted by molar-refractivity contribution is 9.09. The normalized spacial score (nSPS) is 29.6. The molecule has 0 aliphatic carbocycles. The average molecular weight is 247 g/mol. The van der Waals surface area contributed by atoms with E-state index in [9.17, 15) is 0 Å². The fourth-order valence-electron chi connectivity index (χ4n) is 1.78. The van der Waals surface area contributed by atoms with Crippen molar-refractivity contribution in [3.8, 4) is 0 Å². The molecule has 0 aromatic rings. The molecule has 2 heteroatoms. The summed E-state index contributed by atoms with van der Waals surface area (Å²) < 4.78 is 5.76. The molecule has 1 aliphatic heterocycles. The highest BCUT2D eigenvalue weighted by Gasteiger charge is 2.21. The van der Waals surface area contributed by atoms with Crippen molar-refractivity contribution in [2.75, 3.05) is 5.33 Å². The Morgan fingerprint density at radius 3 is 2.85 bits per heavy atom. The minimum atomic E-state index is 0.481. The van der Waals surface area contributed by atoms with E-state index in [4.69, 9.17) is 4.74 Å². The lowest BCUT2D eigenvalue weighted by molar-refractivity contribution is 0.0564. The predicted molar refractivity (Wildman–Crippen MR) is 60.4 cm³/mol. The monoisotopic (exact) mass is 246 g/mol. The van der Waals surface area contributed by atoms with Crippen molar-refractivity contribution in [2.45, 2.75) is 51.7 Å². The fraction of sp³-hybridized carbons (Fsp3) is 0.818. The molecule has 13 heavy (non-hydrogen) atoms. The minimum absolute atomic E-state index is 0.481. The van der Waals surface area contributed by atoms with Crippen molar-refractivity contribution in [2.24, 2.45) is 0 Å². The molecule has 0 aromatic carbocycles. The second kappa shape index (κ2) is 5.82. The van der Waals surface area contributed by atoms with Crippen molar-refractivity contribution < 1.29 is 4.74 Å². The molecular weight excluding hydrogens is 228 g/mol. The molecule has 1 saturated heterocycles. The summed E-state index contributed by atoms with van der Waals surface area (Å²) in [5, 5.41) is 1.06. The van der Waals surface area contributed by atoms with E-state index < -0.39 is 0 Å². The van der Waals surface area contributed by atoms with Gasteiger partial charge >= 0.3 is 0 Å². The highest BCUT2D eigenvalue weighted by Crippen LogP contribution is 2.24. The van der Waals surface area contributed by atoms with E-state index in [2.05, 4.69) is 35.9 Å². The number of allylic oxidation sites excluding steroid dienone is 1. The third-order valence-corrected chi connectivity index (χ3v) is 2.93. The van der Waals surface area contributed by atoms with Crippen molar-refractivity contribution in [3.63, 3.8) is 0 Å².